The van der Waals surface area contributed by atoms with Crippen LogP contribution in [0.15, 0.2) is 17.5 Å². The molecule has 0 saturated carbocycles. The summed E-state index contributed by atoms with van der Waals surface area (Å²) < 4.78 is 0. The lowest BCUT2D eigenvalue weighted by Gasteiger charge is -2.26. The standard InChI is InChI=1S/C14H20N2O4S2/c1-14(2,16-11(17)10-5-4-7-22-10)13(20)15-9(12(18)19)6-8-21-3/h4-5,7,9H,6,8H2,1-3H3,(H,15,20)(H,16,17)(H,18,19)/t9-/m0/s1. The number of amides is 2. The Hall–Kier alpha value is -1.54. The minimum Gasteiger partial charge on any atom is -0.480 e. The zero-order valence-corrected chi connectivity index (χ0v) is 14.3. The molecule has 1 rings (SSSR count). The Bertz CT molecular complexity index is 529. The molecule has 1 atom stereocenters. The predicted octanol–water partition coefficient (Wildman–Crippen LogP) is 1.58. The van der Waals surface area contributed by atoms with E-state index in [0.29, 0.717) is 17.1 Å². The molecule has 3 N–H and O–H groups in total. The smallest absolute Gasteiger partial charge is 0.326 e. The quantitative estimate of drug-likeness (QED) is 0.665. The highest BCUT2D eigenvalue weighted by Gasteiger charge is 2.33. The highest BCUT2D eigenvalue weighted by molar-refractivity contribution is 7.98. The number of hydrogen-bond donors (Lipinski definition) is 3. The molecule has 0 radical (unpaired) electrons. The zero-order chi connectivity index (χ0) is 16.8. The van der Waals surface area contributed by atoms with Gasteiger partial charge in [-0.25, -0.2) is 4.79 Å². The fraction of sp³-hybridized carbons (Fsp3) is 0.500. The summed E-state index contributed by atoms with van der Waals surface area (Å²) in [6.07, 6.45) is 2.20. The first-order valence-corrected chi connectivity index (χ1v) is 8.94. The van der Waals surface area contributed by atoms with E-state index in [1.54, 1.807) is 31.4 Å². The minimum atomic E-state index is -1.20. The topological polar surface area (TPSA) is 95.5 Å². The van der Waals surface area contributed by atoms with Crippen molar-refractivity contribution in [3.05, 3.63) is 22.4 Å². The van der Waals surface area contributed by atoms with Crippen molar-refractivity contribution in [2.24, 2.45) is 0 Å². The number of hydrogen-bond acceptors (Lipinski definition) is 5. The predicted molar refractivity (Wildman–Crippen MR) is 88.4 cm³/mol. The number of carboxylic acids is 1. The van der Waals surface area contributed by atoms with Crippen LogP contribution in [-0.2, 0) is 9.59 Å². The third kappa shape index (κ3) is 5.34. The van der Waals surface area contributed by atoms with Crippen LogP contribution in [0.25, 0.3) is 0 Å². The summed E-state index contributed by atoms with van der Waals surface area (Å²) in [5.74, 6) is -1.33. The fourth-order valence-electron chi connectivity index (χ4n) is 1.64. The van der Waals surface area contributed by atoms with Gasteiger partial charge in [-0.05, 0) is 43.7 Å². The first-order valence-electron chi connectivity index (χ1n) is 6.66. The molecule has 2 amide bonds. The minimum absolute atomic E-state index is 0.331. The molecule has 0 aliphatic rings. The number of thioether (sulfide) groups is 1. The molecule has 0 aliphatic carbocycles. The van der Waals surface area contributed by atoms with E-state index in [9.17, 15) is 14.4 Å². The second-order valence-electron chi connectivity index (χ2n) is 5.20. The molecular weight excluding hydrogens is 324 g/mol. The summed E-state index contributed by atoms with van der Waals surface area (Å²) in [5, 5.41) is 16.0. The molecule has 0 aliphatic heterocycles. The molecule has 22 heavy (non-hydrogen) atoms. The van der Waals surface area contributed by atoms with Gasteiger partial charge in [0.15, 0.2) is 0 Å². The normalized spacial score (nSPS) is 12.5. The number of nitrogens with one attached hydrogen (secondary N) is 2. The number of carbonyl (C=O) groups excluding carboxylic acids is 2. The summed E-state index contributed by atoms with van der Waals surface area (Å²) in [7, 11) is 0. The van der Waals surface area contributed by atoms with Gasteiger partial charge in [0, 0.05) is 0 Å². The van der Waals surface area contributed by atoms with Crippen molar-refractivity contribution in [2.75, 3.05) is 12.0 Å². The Kier molecular flexibility index (Phi) is 6.89. The van der Waals surface area contributed by atoms with E-state index in [4.69, 9.17) is 5.11 Å². The van der Waals surface area contributed by atoms with Gasteiger partial charge < -0.3 is 15.7 Å². The van der Waals surface area contributed by atoms with Gasteiger partial charge in [0.1, 0.15) is 11.6 Å². The van der Waals surface area contributed by atoms with Crippen LogP contribution in [-0.4, -0.2) is 46.5 Å². The lowest BCUT2D eigenvalue weighted by atomic mass is 10.0. The number of rotatable bonds is 8. The number of aliphatic carboxylic acids is 1. The summed E-state index contributed by atoms with van der Waals surface area (Å²) in [6.45, 7) is 3.09. The third-order valence-electron chi connectivity index (χ3n) is 2.95. The van der Waals surface area contributed by atoms with E-state index in [-0.39, 0.29) is 5.91 Å². The molecule has 0 bridgehead atoms. The molecular formula is C14H20N2O4S2. The van der Waals surface area contributed by atoms with Crippen molar-refractivity contribution in [1.29, 1.82) is 0 Å². The molecule has 8 heteroatoms. The van der Waals surface area contributed by atoms with Gasteiger partial charge >= 0.3 is 5.97 Å². The second-order valence-corrected chi connectivity index (χ2v) is 7.14. The second kappa shape index (κ2) is 8.19. The Morgan fingerprint density at radius 1 is 1.41 bits per heavy atom. The molecule has 0 fully saturated rings. The molecule has 1 heterocycles. The first-order chi connectivity index (χ1) is 10.3. The largest absolute Gasteiger partial charge is 0.480 e. The maximum absolute atomic E-state index is 12.3. The van der Waals surface area contributed by atoms with Gasteiger partial charge in [0.05, 0.1) is 4.88 Å². The summed E-state index contributed by atoms with van der Waals surface area (Å²) in [5.41, 5.74) is -1.20. The highest BCUT2D eigenvalue weighted by atomic mass is 32.2. The van der Waals surface area contributed by atoms with Crippen LogP contribution in [0.1, 0.15) is 29.9 Å². The molecule has 0 saturated heterocycles. The van der Waals surface area contributed by atoms with E-state index in [1.165, 1.54) is 23.1 Å². The van der Waals surface area contributed by atoms with E-state index in [1.807, 2.05) is 6.26 Å². The van der Waals surface area contributed by atoms with Crippen LogP contribution < -0.4 is 10.6 Å². The van der Waals surface area contributed by atoms with Crippen LogP contribution in [0.4, 0.5) is 0 Å². The van der Waals surface area contributed by atoms with Gasteiger partial charge in [-0.2, -0.15) is 11.8 Å². The zero-order valence-electron chi connectivity index (χ0n) is 12.7. The molecule has 1 aromatic rings. The molecule has 1 aromatic heterocycles. The van der Waals surface area contributed by atoms with E-state index < -0.39 is 23.5 Å². The van der Waals surface area contributed by atoms with Crippen LogP contribution >= 0.6 is 23.1 Å². The Labute approximate surface area is 137 Å². The molecule has 0 spiro atoms. The maximum Gasteiger partial charge on any atom is 0.326 e. The van der Waals surface area contributed by atoms with Crippen LogP contribution in [0.2, 0.25) is 0 Å². The molecule has 6 nitrogen and oxygen atoms in total. The third-order valence-corrected chi connectivity index (χ3v) is 4.47. The number of carboxylic acid groups (broad SMARTS) is 1. The van der Waals surface area contributed by atoms with E-state index in [2.05, 4.69) is 10.6 Å². The van der Waals surface area contributed by atoms with Gasteiger partial charge in [0.25, 0.3) is 5.91 Å². The van der Waals surface area contributed by atoms with Crippen molar-refractivity contribution in [3.8, 4) is 0 Å². The monoisotopic (exact) mass is 344 g/mol. The van der Waals surface area contributed by atoms with Crippen molar-refractivity contribution < 1.29 is 19.5 Å². The average molecular weight is 344 g/mol. The van der Waals surface area contributed by atoms with Crippen LogP contribution in [0, 0.1) is 0 Å². The highest BCUT2D eigenvalue weighted by Crippen LogP contribution is 2.12. The SMILES string of the molecule is CSCC[C@H](NC(=O)C(C)(C)NC(=O)c1cccs1)C(=O)O. The van der Waals surface area contributed by atoms with Gasteiger partial charge in [-0.15, -0.1) is 11.3 Å². The van der Waals surface area contributed by atoms with Crippen molar-refractivity contribution in [2.45, 2.75) is 31.8 Å². The van der Waals surface area contributed by atoms with Crippen molar-refractivity contribution in [1.82, 2.24) is 10.6 Å². The molecule has 0 unspecified atom stereocenters. The molecule has 122 valence electrons. The fourth-order valence-corrected chi connectivity index (χ4v) is 2.73. The van der Waals surface area contributed by atoms with E-state index >= 15 is 0 Å². The number of carbonyl (C=O) groups is 3. The Balaban J connectivity index is 2.68. The lowest BCUT2D eigenvalue weighted by molar-refractivity contribution is -0.142. The van der Waals surface area contributed by atoms with E-state index in [0.717, 1.165) is 0 Å². The first kappa shape index (κ1) is 18.5. The van der Waals surface area contributed by atoms with Gasteiger partial charge in [0.2, 0.25) is 5.91 Å². The Morgan fingerprint density at radius 3 is 2.59 bits per heavy atom. The molecule has 0 aromatic carbocycles. The summed E-state index contributed by atoms with van der Waals surface area (Å²) >= 11 is 2.78. The number of thiophene rings is 1. The lowest BCUT2D eigenvalue weighted by Crippen LogP contribution is -2.57. The average Bonchev–Trinajstić information content (AvgIpc) is 2.96. The van der Waals surface area contributed by atoms with Gasteiger partial charge in [-0.3, -0.25) is 9.59 Å². The summed E-state index contributed by atoms with van der Waals surface area (Å²) in [6, 6.07) is 2.44. The van der Waals surface area contributed by atoms with Crippen LogP contribution in [0.3, 0.4) is 0 Å². The van der Waals surface area contributed by atoms with Crippen molar-refractivity contribution >= 4 is 40.9 Å². The summed E-state index contributed by atoms with van der Waals surface area (Å²) in [4.78, 5) is 35.9. The van der Waals surface area contributed by atoms with Gasteiger partial charge in [-0.1, -0.05) is 6.07 Å². The Morgan fingerprint density at radius 2 is 2.09 bits per heavy atom. The maximum atomic E-state index is 12.3. The van der Waals surface area contributed by atoms with Crippen molar-refractivity contribution in [3.63, 3.8) is 0 Å². The van der Waals surface area contributed by atoms with Crippen LogP contribution in [0.5, 0.6) is 0 Å².